The fourth-order valence-corrected chi connectivity index (χ4v) is 1.67. The van der Waals surface area contributed by atoms with E-state index in [9.17, 15) is 9.59 Å². The molecule has 1 aromatic carbocycles. The minimum absolute atomic E-state index is 0.104. The molecule has 1 fully saturated rings. The number of cyclic esters (lactones) is 1. The lowest BCUT2D eigenvalue weighted by Gasteiger charge is -2.03. The van der Waals surface area contributed by atoms with Gasteiger partial charge in [-0.1, -0.05) is 12.1 Å². The number of hydrogen-bond donors (Lipinski definition) is 2. The van der Waals surface area contributed by atoms with Crippen LogP contribution >= 0.6 is 0 Å². The first kappa shape index (κ1) is 12.2. The van der Waals surface area contributed by atoms with Crippen LogP contribution in [0.2, 0.25) is 0 Å². The molecule has 1 saturated heterocycles. The quantitative estimate of drug-likeness (QED) is 0.611. The summed E-state index contributed by atoms with van der Waals surface area (Å²) >= 11 is 0. The number of amides is 1. The average Bonchev–Trinajstić information content (AvgIpc) is 2.74. The molecule has 5 heteroatoms. The number of anilines is 1. The summed E-state index contributed by atoms with van der Waals surface area (Å²) < 4.78 is 4.86. The van der Waals surface area contributed by atoms with E-state index >= 15 is 0 Å². The standard InChI is InChI=1S/C13H14N2O3/c14-12(16)8-15-11-3-1-9(2-4-11)7-10-5-6-18-13(10)17/h1-4,7,15H,5-6,8H2,(H2,14,16). The van der Waals surface area contributed by atoms with Crippen LogP contribution in [0.1, 0.15) is 12.0 Å². The molecule has 0 aromatic heterocycles. The van der Waals surface area contributed by atoms with Crippen LogP contribution in [-0.4, -0.2) is 25.0 Å². The molecule has 0 unspecified atom stereocenters. The lowest BCUT2D eigenvalue weighted by molar-refractivity contribution is -0.135. The van der Waals surface area contributed by atoms with Gasteiger partial charge in [0.15, 0.2) is 0 Å². The predicted molar refractivity (Wildman–Crippen MR) is 67.7 cm³/mol. The van der Waals surface area contributed by atoms with Gasteiger partial charge < -0.3 is 15.8 Å². The SMILES string of the molecule is NC(=O)CNc1ccc(C=C2CCOC2=O)cc1. The van der Waals surface area contributed by atoms with Crippen molar-refractivity contribution in [3.05, 3.63) is 35.4 Å². The first-order valence-electron chi connectivity index (χ1n) is 5.65. The molecule has 5 nitrogen and oxygen atoms in total. The number of nitrogens with one attached hydrogen (secondary N) is 1. The number of primary amides is 1. The zero-order valence-corrected chi connectivity index (χ0v) is 9.81. The van der Waals surface area contributed by atoms with Crippen molar-refractivity contribution in [1.82, 2.24) is 0 Å². The van der Waals surface area contributed by atoms with Crippen LogP contribution < -0.4 is 11.1 Å². The monoisotopic (exact) mass is 246 g/mol. The summed E-state index contributed by atoms with van der Waals surface area (Å²) in [5, 5.41) is 2.89. The van der Waals surface area contributed by atoms with Gasteiger partial charge in [0.05, 0.1) is 13.2 Å². The number of esters is 1. The summed E-state index contributed by atoms with van der Waals surface area (Å²) in [6, 6.07) is 7.38. The molecule has 1 aromatic rings. The maximum Gasteiger partial charge on any atom is 0.334 e. The highest BCUT2D eigenvalue weighted by Gasteiger charge is 2.17. The highest BCUT2D eigenvalue weighted by atomic mass is 16.5. The van der Waals surface area contributed by atoms with Gasteiger partial charge in [-0.3, -0.25) is 4.79 Å². The molecule has 2 rings (SSSR count). The molecule has 18 heavy (non-hydrogen) atoms. The van der Waals surface area contributed by atoms with Gasteiger partial charge in [0.2, 0.25) is 5.91 Å². The van der Waals surface area contributed by atoms with E-state index in [0.29, 0.717) is 18.6 Å². The highest BCUT2D eigenvalue weighted by Crippen LogP contribution is 2.18. The van der Waals surface area contributed by atoms with E-state index in [1.54, 1.807) is 0 Å². The number of carbonyl (C=O) groups excluding carboxylic acids is 2. The Balaban J connectivity index is 2.03. The largest absolute Gasteiger partial charge is 0.462 e. The third-order valence-corrected chi connectivity index (χ3v) is 2.59. The van der Waals surface area contributed by atoms with Crippen molar-refractivity contribution < 1.29 is 14.3 Å². The molecule has 0 spiro atoms. The second kappa shape index (κ2) is 5.35. The molecule has 94 valence electrons. The van der Waals surface area contributed by atoms with Gasteiger partial charge in [-0.2, -0.15) is 0 Å². The molecule has 0 radical (unpaired) electrons. The zero-order chi connectivity index (χ0) is 13.0. The molecule has 0 bridgehead atoms. The Morgan fingerprint density at radius 3 is 2.67 bits per heavy atom. The molecule has 0 saturated carbocycles. The minimum atomic E-state index is -0.408. The van der Waals surface area contributed by atoms with Crippen molar-refractivity contribution in [2.75, 3.05) is 18.5 Å². The summed E-state index contributed by atoms with van der Waals surface area (Å²) in [7, 11) is 0. The Labute approximate surface area is 105 Å². The maximum atomic E-state index is 11.3. The van der Waals surface area contributed by atoms with E-state index in [4.69, 9.17) is 10.5 Å². The smallest absolute Gasteiger partial charge is 0.334 e. The molecule has 3 N–H and O–H groups in total. The van der Waals surface area contributed by atoms with Crippen molar-refractivity contribution >= 4 is 23.6 Å². The number of nitrogens with two attached hydrogens (primary N) is 1. The molecular formula is C13H14N2O3. The molecule has 1 amide bonds. The predicted octanol–water partition coefficient (Wildman–Crippen LogP) is 0.914. The molecule has 0 atom stereocenters. The summed E-state index contributed by atoms with van der Waals surface area (Å²) in [5.41, 5.74) is 7.45. The summed E-state index contributed by atoms with van der Waals surface area (Å²) in [4.78, 5) is 21.9. The van der Waals surface area contributed by atoms with Crippen LogP contribution in [0, 0.1) is 0 Å². The average molecular weight is 246 g/mol. The Morgan fingerprint density at radius 2 is 2.11 bits per heavy atom. The van der Waals surface area contributed by atoms with Crippen LogP contribution in [0.5, 0.6) is 0 Å². The van der Waals surface area contributed by atoms with Crippen molar-refractivity contribution in [3.8, 4) is 0 Å². The van der Waals surface area contributed by atoms with Gasteiger partial charge in [0, 0.05) is 17.7 Å². The lowest BCUT2D eigenvalue weighted by atomic mass is 10.1. The minimum Gasteiger partial charge on any atom is -0.462 e. The van der Waals surface area contributed by atoms with Crippen LogP contribution in [-0.2, 0) is 14.3 Å². The number of rotatable bonds is 4. The summed E-state index contributed by atoms with van der Waals surface area (Å²) in [6.45, 7) is 0.565. The molecule has 1 aliphatic heterocycles. The fourth-order valence-electron chi connectivity index (χ4n) is 1.67. The second-order valence-corrected chi connectivity index (χ2v) is 4.00. The third kappa shape index (κ3) is 3.10. The summed E-state index contributed by atoms with van der Waals surface area (Å²) in [5.74, 6) is -0.652. The van der Waals surface area contributed by atoms with Gasteiger partial charge in [0.25, 0.3) is 0 Å². The first-order valence-corrected chi connectivity index (χ1v) is 5.65. The Bertz CT molecular complexity index is 491. The van der Waals surface area contributed by atoms with Gasteiger partial charge in [-0.15, -0.1) is 0 Å². The molecule has 0 aliphatic carbocycles. The second-order valence-electron chi connectivity index (χ2n) is 4.00. The van der Waals surface area contributed by atoms with E-state index in [-0.39, 0.29) is 12.5 Å². The lowest BCUT2D eigenvalue weighted by Crippen LogP contribution is -2.21. The maximum absolute atomic E-state index is 11.3. The van der Waals surface area contributed by atoms with Crippen molar-refractivity contribution in [2.45, 2.75) is 6.42 Å². The third-order valence-electron chi connectivity index (χ3n) is 2.59. The Hall–Kier alpha value is -2.30. The van der Waals surface area contributed by atoms with Crippen molar-refractivity contribution in [3.63, 3.8) is 0 Å². The fraction of sp³-hybridized carbons (Fsp3) is 0.231. The Kier molecular flexibility index (Phi) is 3.62. The van der Waals surface area contributed by atoms with Crippen molar-refractivity contribution in [2.24, 2.45) is 5.73 Å². The van der Waals surface area contributed by atoms with Crippen LogP contribution in [0.3, 0.4) is 0 Å². The highest BCUT2D eigenvalue weighted by molar-refractivity contribution is 5.95. The van der Waals surface area contributed by atoms with Crippen LogP contribution in [0.4, 0.5) is 5.69 Å². The van der Waals surface area contributed by atoms with E-state index in [2.05, 4.69) is 5.32 Å². The molecule has 1 heterocycles. The number of benzene rings is 1. The molecular weight excluding hydrogens is 232 g/mol. The Morgan fingerprint density at radius 1 is 1.39 bits per heavy atom. The van der Waals surface area contributed by atoms with Gasteiger partial charge in [0.1, 0.15) is 0 Å². The van der Waals surface area contributed by atoms with E-state index in [1.165, 1.54) is 0 Å². The van der Waals surface area contributed by atoms with Crippen LogP contribution in [0.25, 0.3) is 6.08 Å². The number of hydrogen-bond acceptors (Lipinski definition) is 4. The normalized spacial score (nSPS) is 16.7. The number of carbonyl (C=O) groups is 2. The summed E-state index contributed by atoms with van der Waals surface area (Å²) in [6.07, 6.45) is 2.47. The van der Waals surface area contributed by atoms with Crippen molar-refractivity contribution in [1.29, 1.82) is 0 Å². The topological polar surface area (TPSA) is 81.4 Å². The first-order chi connectivity index (χ1) is 8.65. The number of ether oxygens (including phenoxy) is 1. The van der Waals surface area contributed by atoms with E-state index in [1.807, 2.05) is 30.3 Å². The van der Waals surface area contributed by atoms with E-state index < -0.39 is 5.91 Å². The molecule has 1 aliphatic rings. The zero-order valence-electron chi connectivity index (χ0n) is 9.81. The van der Waals surface area contributed by atoms with E-state index in [0.717, 1.165) is 11.3 Å². The van der Waals surface area contributed by atoms with Crippen LogP contribution in [0.15, 0.2) is 29.8 Å². The van der Waals surface area contributed by atoms with Gasteiger partial charge >= 0.3 is 5.97 Å². The van der Waals surface area contributed by atoms with Gasteiger partial charge in [-0.05, 0) is 23.8 Å². The van der Waals surface area contributed by atoms with Gasteiger partial charge in [-0.25, -0.2) is 4.79 Å².